The summed E-state index contributed by atoms with van der Waals surface area (Å²) < 4.78 is 1.66. The zero-order valence-corrected chi connectivity index (χ0v) is 16.0. The van der Waals surface area contributed by atoms with Crippen LogP contribution in [-0.2, 0) is 9.59 Å². The quantitative estimate of drug-likeness (QED) is 0.483. The van der Waals surface area contributed by atoms with Crippen molar-refractivity contribution in [2.24, 2.45) is 0 Å². The van der Waals surface area contributed by atoms with Gasteiger partial charge in [0.25, 0.3) is 11.8 Å². The molecular formula is C22H22N4O3. The van der Waals surface area contributed by atoms with Crippen LogP contribution in [0.3, 0.4) is 0 Å². The number of hydrogen-bond acceptors (Lipinski definition) is 4. The summed E-state index contributed by atoms with van der Waals surface area (Å²) in [6, 6.07) is 8.87. The lowest BCUT2D eigenvalue weighted by Gasteiger charge is -2.27. The largest absolute Gasteiger partial charge is 0.331 e. The highest BCUT2D eigenvalue weighted by Gasteiger charge is 2.35. The van der Waals surface area contributed by atoms with Crippen LogP contribution >= 0.6 is 0 Å². The van der Waals surface area contributed by atoms with E-state index < -0.39 is 17.8 Å². The Hall–Kier alpha value is -3.48. The number of nitrogens with zero attached hydrogens (tertiary/aromatic N) is 3. The molecule has 0 radical (unpaired) electrons. The van der Waals surface area contributed by atoms with Crippen LogP contribution in [0.5, 0.6) is 0 Å². The van der Waals surface area contributed by atoms with Gasteiger partial charge in [-0.15, -0.1) is 0 Å². The Kier molecular flexibility index (Phi) is 5.37. The zero-order valence-electron chi connectivity index (χ0n) is 16.0. The molecule has 2 aliphatic rings. The van der Waals surface area contributed by atoms with E-state index in [1.165, 1.54) is 18.1 Å². The minimum atomic E-state index is -0.680. The van der Waals surface area contributed by atoms with E-state index in [0.717, 1.165) is 29.8 Å². The number of urea groups is 1. The molecule has 7 nitrogen and oxygen atoms in total. The Morgan fingerprint density at radius 3 is 2.69 bits per heavy atom. The normalized spacial score (nSPS) is 18.8. The summed E-state index contributed by atoms with van der Waals surface area (Å²) in [5.74, 6) is -1.25. The first-order valence-corrected chi connectivity index (χ1v) is 9.79. The van der Waals surface area contributed by atoms with Crippen LogP contribution < -0.4 is 5.32 Å². The molecule has 0 unspecified atom stereocenters. The average molecular weight is 390 g/mol. The molecule has 2 aromatic rings. The molecule has 4 rings (SSSR count). The third-order valence-electron chi connectivity index (χ3n) is 5.16. The maximum Gasteiger partial charge on any atom is 0.331 e. The fraction of sp³-hybridized carbons (Fsp3) is 0.273. The van der Waals surface area contributed by atoms with E-state index in [1.54, 1.807) is 17.1 Å². The summed E-state index contributed by atoms with van der Waals surface area (Å²) in [5.41, 5.74) is 2.68. The van der Waals surface area contributed by atoms with Gasteiger partial charge in [0, 0.05) is 18.3 Å². The number of aromatic nitrogens is 2. The maximum atomic E-state index is 12.8. The van der Waals surface area contributed by atoms with Gasteiger partial charge >= 0.3 is 6.03 Å². The van der Waals surface area contributed by atoms with Crippen LogP contribution in [0.4, 0.5) is 4.79 Å². The molecule has 2 heterocycles. The average Bonchev–Trinajstić information content (AvgIpc) is 3.21. The van der Waals surface area contributed by atoms with Crippen LogP contribution in [0, 0.1) is 0 Å². The summed E-state index contributed by atoms with van der Waals surface area (Å²) in [5, 5.41) is 6.54. The summed E-state index contributed by atoms with van der Waals surface area (Å²) in [6.45, 7) is 0.268. The van der Waals surface area contributed by atoms with E-state index in [-0.39, 0.29) is 12.1 Å². The lowest BCUT2D eigenvalue weighted by atomic mass is 9.97. The number of para-hydroxylation sites is 1. The second-order valence-corrected chi connectivity index (χ2v) is 7.19. The molecule has 4 amide bonds. The van der Waals surface area contributed by atoms with E-state index in [9.17, 15) is 14.4 Å². The molecule has 7 heteroatoms. The van der Waals surface area contributed by atoms with Crippen LogP contribution in [0.15, 0.2) is 59.9 Å². The van der Waals surface area contributed by atoms with Crippen molar-refractivity contribution in [3.05, 3.63) is 65.5 Å². The number of carbonyl (C=O) groups excluding carboxylic acids is 3. The first kappa shape index (κ1) is 18.9. The van der Waals surface area contributed by atoms with E-state index in [2.05, 4.69) is 16.5 Å². The summed E-state index contributed by atoms with van der Waals surface area (Å²) in [7, 11) is 0. The van der Waals surface area contributed by atoms with Gasteiger partial charge < -0.3 is 0 Å². The van der Waals surface area contributed by atoms with Crippen molar-refractivity contribution in [2.45, 2.75) is 32.1 Å². The highest BCUT2D eigenvalue weighted by atomic mass is 16.2. The predicted molar refractivity (Wildman–Crippen MR) is 108 cm³/mol. The summed E-state index contributed by atoms with van der Waals surface area (Å²) in [4.78, 5) is 38.4. The van der Waals surface area contributed by atoms with Crippen molar-refractivity contribution in [3.63, 3.8) is 0 Å². The predicted octanol–water partition coefficient (Wildman–Crippen LogP) is 3.22. The Morgan fingerprint density at radius 1 is 1.10 bits per heavy atom. The van der Waals surface area contributed by atoms with Crippen LogP contribution in [-0.4, -0.2) is 39.1 Å². The lowest BCUT2D eigenvalue weighted by molar-refractivity contribution is -0.130. The first-order chi connectivity index (χ1) is 14.1. The molecule has 1 aliphatic carbocycles. The Balaban J connectivity index is 1.52. The highest BCUT2D eigenvalue weighted by Crippen LogP contribution is 2.22. The summed E-state index contributed by atoms with van der Waals surface area (Å²) >= 11 is 0. The maximum absolute atomic E-state index is 12.8. The van der Waals surface area contributed by atoms with Crippen LogP contribution in [0.1, 0.15) is 37.7 Å². The minimum absolute atomic E-state index is 0.0603. The Morgan fingerprint density at radius 2 is 1.93 bits per heavy atom. The van der Waals surface area contributed by atoms with Gasteiger partial charge in [-0.05, 0) is 50.3 Å². The Bertz CT molecular complexity index is 1000. The number of benzene rings is 1. The topological polar surface area (TPSA) is 84.3 Å². The van der Waals surface area contributed by atoms with Gasteiger partial charge in [-0.1, -0.05) is 29.8 Å². The molecule has 148 valence electrons. The van der Waals surface area contributed by atoms with E-state index >= 15 is 0 Å². The summed E-state index contributed by atoms with van der Waals surface area (Å²) in [6.07, 6.45) is 12.0. The molecule has 1 fully saturated rings. The van der Waals surface area contributed by atoms with Crippen molar-refractivity contribution in [3.8, 4) is 5.69 Å². The number of nitrogens with one attached hydrogen (secondary N) is 1. The number of hydrogen-bond donors (Lipinski definition) is 1. The second kappa shape index (κ2) is 8.26. The number of barbiturate groups is 1. The van der Waals surface area contributed by atoms with Gasteiger partial charge in [0.15, 0.2) is 0 Å². The minimum Gasteiger partial charge on any atom is -0.273 e. The molecular weight excluding hydrogens is 368 g/mol. The van der Waals surface area contributed by atoms with Crippen molar-refractivity contribution >= 4 is 23.9 Å². The van der Waals surface area contributed by atoms with Crippen molar-refractivity contribution in [1.82, 2.24) is 20.0 Å². The fourth-order valence-corrected chi connectivity index (χ4v) is 3.58. The van der Waals surface area contributed by atoms with E-state index in [4.69, 9.17) is 0 Å². The van der Waals surface area contributed by atoms with Gasteiger partial charge in [0.1, 0.15) is 5.57 Å². The highest BCUT2D eigenvalue weighted by molar-refractivity contribution is 6.31. The molecule has 29 heavy (non-hydrogen) atoms. The van der Waals surface area contributed by atoms with Gasteiger partial charge in [-0.2, -0.15) is 5.10 Å². The van der Waals surface area contributed by atoms with Crippen molar-refractivity contribution in [2.75, 3.05) is 6.54 Å². The van der Waals surface area contributed by atoms with E-state index in [0.29, 0.717) is 12.0 Å². The number of carbonyl (C=O) groups is 3. The van der Waals surface area contributed by atoms with Crippen LogP contribution in [0.2, 0.25) is 0 Å². The van der Waals surface area contributed by atoms with Crippen LogP contribution in [0.25, 0.3) is 11.8 Å². The molecule has 1 aromatic carbocycles. The zero-order chi connectivity index (χ0) is 20.2. The smallest absolute Gasteiger partial charge is 0.273 e. The number of allylic oxidation sites excluding steroid dienone is 1. The van der Waals surface area contributed by atoms with Crippen molar-refractivity contribution < 1.29 is 14.4 Å². The first-order valence-electron chi connectivity index (χ1n) is 9.79. The third-order valence-corrected chi connectivity index (χ3v) is 5.16. The molecule has 1 saturated heterocycles. The monoisotopic (exact) mass is 390 g/mol. The van der Waals surface area contributed by atoms with Gasteiger partial charge in [0.05, 0.1) is 11.9 Å². The number of rotatable bonds is 5. The molecule has 0 atom stereocenters. The number of amides is 4. The second-order valence-electron chi connectivity index (χ2n) is 7.19. The Labute approximate surface area is 168 Å². The van der Waals surface area contributed by atoms with E-state index in [1.807, 2.05) is 30.3 Å². The molecule has 0 bridgehead atoms. The third kappa shape index (κ3) is 4.18. The molecule has 0 spiro atoms. The van der Waals surface area contributed by atoms with Gasteiger partial charge in [0.2, 0.25) is 0 Å². The number of imide groups is 2. The molecule has 1 N–H and O–H groups in total. The van der Waals surface area contributed by atoms with Gasteiger partial charge in [-0.3, -0.25) is 19.8 Å². The van der Waals surface area contributed by atoms with Gasteiger partial charge in [-0.25, -0.2) is 9.48 Å². The lowest BCUT2D eigenvalue weighted by Crippen LogP contribution is -2.54. The fourth-order valence-electron chi connectivity index (χ4n) is 3.58. The standard InChI is InChI=1S/C22H22N4O3/c27-20-19(13-17-14-23-26(15-17)18-9-5-2-6-10-18)21(28)25(22(29)24-20)12-11-16-7-3-1-4-8-16/h2,5-7,9-10,13-15H,1,3-4,8,11-12H2,(H,24,27,29)/b19-13-. The SMILES string of the molecule is O=C1NC(=O)N(CCC2=CCCCC2)C(=O)/C1=C\c1cnn(-c2ccccc2)c1. The molecule has 1 aromatic heterocycles. The molecule has 1 aliphatic heterocycles. The molecule has 0 saturated carbocycles. The van der Waals surface area contributed by atoms with Crippen molar-refractivity contribution in [1.29, 1.82) is 0 Å².